The Kier molecular flexibility index (Phi) is 5.01. The number of nitrogens with one attached hydrogen (secondary N) is 2. The van der Waals surface area contributed by atoms with Gasteiger partial charge < -0.3 is 10.6 Å². The minimum atomic E-state index is 0.614. The fourth-order valence-corrected chi connectivity index (χ4v) is 2.49. The lowest BCUT2D eigenvalue weighted by Gasteiger charge is -2.18. The molecule has 1 aliphatic heterocycles. The van der Waals surface area contributed by atoms with Crippen LogP contribution in [0, 0.1) is 0 Å². The summed E-state index contributed by atoms with van der Waals surface area (Å²) in [7, 11) is 0. The summed E-state index contributed by atoms with van der Waals surface area (Å²) >= 11 is 0. The average molecular weight is 236 g/mol. The first-order chi connectivity index (χ1) is 8.34. The van der Waals surface area contributed by atoms with Gasteiger partial charge in [0.2, 0.25) is 0 Å². The van der Waals surface area contributed by atoms with E-state index in [1.165, 1.54) is 25.8 Å². The van der Waals surface area contributed by atoms with Crippen molar-refractivity contribution in [3.8, 4) is 0 Å². The van der Waals surface area contributed by atoms with E-state index in [0.717, 1.165) is 25.6 Å². The van der Waals surface area contributed by atoms with E-state index in [-0.39, 0.29) is 0 Å². The van der Waals surface area contributed by atoms with Crippen LogP contribution in [-0.2, 0) is 6.54 Å². The summed E-state index contributed by atoms with van der Waals surface area (Å²) in [6.45, 7) is 5.58. The Bertz CT molecular complexity index is 290. The molecule has 0 spiro atoms. The van der Waals surface area contributed by atoms with E-state index >= 15 is 0 Å². The minimum absolute atomic E-state index is 0.614. The van der Waals surface area contributed by atoms with Crippen LogP contribution in [0.2, 0.25) is 0 Å². The molecule has 1 aliphatic rings. The number of nitrogens with zero attached hydrogens (tertiary/aromatic N) is 2. The van der Waals surface area contributed by atoms with Crippen LogP contribution in [0.15, 0.2) is 18.5 Å². The topological polar surface area (TPSA) is 41.9 Å². The summed E-state index contributed by atoms with van der Waals surface area (Å²) in [6.07, 6.45) is 8.94. The second-order valence-corrected chi connectivity index (χ2v) is 5.01. The van der Waals surface area contributed by atoms with Gasteiger partial charge in [-0.1, -0.05) is 0 Å². The van der Waals surface area contributed by atoms with Gasteiger partial charge in [-0.25, -0.2) is 0 Å². The Morgan fingerprint density at radius 3 is 3.24 bits per heavy atom. The second-order valence-electron chi connectivity index (χ2n) is 5.01. The third-order valence-electron chi connectivity index (χ3n) is 3.42. The maximum Gasteiger partial charge on any atom is 0.0489 e. The Labute approximate surface area is 104 Å². The Morgan fingerprint density at radius 1 is 1.59 bits per heavy atom. The molecule has 2 heterocycles. The maximum atomic E-state index is 4.19. The lowest BCUT2D eigenvalue weighted by atomic mass is 10.1. The van der Waals surface area contributed by atoms with Gasteiger partial charge >= 0.3 is 0 Å². The van der Waals surface area contributed by atoms with Crippen molar-refractivity contribution < 1.29 is 0 Å². The van der Waals surface area contributed by atoms with Crippen molar-refractivity contribution in [1.29, 1.82) is 0 Å². The molecule has 2 unspecified atom stereocenters. The molecule has 0 aliphatic carbocycles. The quantitative estimate of drug-likeness (QED) is 0.703. The van der Waals surface area contributed by atoms with Crippen LogP contribution < -0.4 is 10.6 Å². The summed E-state index contributed by atoms with van der Waals surface area (Å²) in [5, 5.41) is 11.3. The van der Waals surface area contributed by atoms with Crippen molar-refractivity contribution in [1.82, 2.24) is 20.4 Å². The summed E-state index contributed by atoms with van der Waals surface area (Å²) in [5.74, 6) is 0. The van der Waals surface area contributed by atoms with E-state index in [4.69, 9.17) is 0 Å². The number of hydrogen-bond donors (Lipinski definition) is 2. The molecule has 4 nitrogen and oxygen atoms in total. The fraction of sp³-hybridized carbons (Fsp3) is 0.769. The van der Waals surface area contributed by atoms with Crippen molar-refractivity contribution in [2.45, 2.75) is 51.2 Å². The molecule has 1 aromatic heterocycles. The molecule has 2 N–H and O–H groups in total. The summed E-state index contributed by atoms with van der Waals surface area (Å²) in [6, 6.07) is 3.33. The van der Waals surface area contributed by atoms with Gasteiger partial charge in [0.1, 0.15) is 0 Å². The number of hydrogen-bond acceptors (Lipinski definition) is 3. The highest BCUT2D eigenvalue weighted by Gasteiger charge is 2.16. The fourth-order valence-electron chi connectivity index (χ4n) is 2.49. The minimum Gasteiger partial charge on any atom is -0.314 e. The van der Waals surface area contributed by atoms with Crippen LogP contribution in [-0.4, -0.2) is 35.0 Å². The molecule has 0 saturated carbocycles. The highest BCUT2D eigenvalue weighted by Crippen LogP contribution is 2.10. The molecule has 0 bridgehead atoms. The van der Waals surface area contributed by atoms with Gasteiger partial charge in [0.05, 0.1) is 0 Å². The second kappa shape index (κ2) is 6.77. The Hall–Kier alpha value is -0.870. The molecule has 0 amide bonds. The highest BCUT2D eigenvalue weighted by molar-refractivity contribution is 4.79. The molecule has 0 radical (unpaired) electrons. The molecular formula is C13H24N4. The first-order valence-electron chi connectivity index (χ1n) is 6.79. The molecule has 1 fully saturated rings. The molecule has 2 atom stereocenters. The van der Waals surface area contributed by atoms with Gasteiger partial charge in [-0.05, 0) is 51.8 Å². The van der Waals surface area contributed by atoms with E-state index in [0.29, 0.717) is 6.04 Å². The highest BCUT2D eigenvalue weighted by atomic mass is 15.3. The normalized spacial score (nSPS) is 21.8. The molecule has 96 valence electrons. The van der Waals surface area contributed by atoms with Crippen LogP contribution in [0.4, 0.5) is 0 Å². The zero-order valence-corrected chi connectivity index (χ0v) is 10.7. The van der Waals surface area contributed by atoms with Gasteiger partial charge in [0.15, 0.2) is 0 Å². The van der Waals surface area contributed by atoms with Gasteiger partial charge in [-0.3, -0.25) is 4.68 Å². The average Bonchev–Trinajstić information content (AvgIpc) is 2.96. The molecule has 2 rings (SSSR count). The van der Waals surface area contributed by atoms with Crippen LogP contribution in [0.3, 0.4) is 0 Å². The number of aryl methyl sites for hydroxylation is 1. The standard InChI is InChI=1S/C13H24N4/c1-12(11-13-5-2-6-15-13)14-7-3-9-17-10-4-8-16-17/h4,8,10,12-15H,2-3,5-7,9,11H2,1H3. The van der Waals surface area contributed by atoms with Crippen molar-refractivity contribution in [2.75, 3.05) is 13.1 Å². The summed E-state index contributed by atoms with van der Waals surface area (Å²) in [4.78, 5) is 0. The number of aromatic nitrogens is 2. The van der Waals surface area contributed by atoms with E-state index < -0.39 is 0 Å². The predicted molar refractivity (Wildman–Crippen MR) is 70.0 cm³/mol. The monoisotopic (exact) mass is 236 g/mol. The van der Waals surface area contributed by atoms with Crippen LogP contribution in [0.1, 0.15) is 32.6 Å². The first-order valence-corrected chi connectivity index (χ1v) is 6.79. The molecule has 1 aromatic rings. The lowest BCUT2D eigenvalue weighted by molar-refractivity contribution is 0.428. The van der Waals surface area contributed by atoms with Crippen molar-refractivity contribution in [3.63, 3.8) is 0 Å². The van der Waals surface area contributed by atoms with Crippen molar-refractivity contribution >= 4 is 0 Å². The predicted octanol–water partition coefficient (Wildman–Crippen LogP) is 1.39. The van der Waals surface area contributed by atoms with Crippen molar-refractivity contribution in [3.05, 3.63) is 18.5 Å². The van der Waals surface area contributed by atoms with E-state index in [1.807, 2.05) is 23.1 Å². The molecule has 4 heteroatoms. The lowest BCUT2D eigenvalue weighted by Crippen LogP contribution is -2.34. The maximum absolute atomic E-state index is 4.19. The van der Waals surface area contributed by atoms with Gasteiger partial charge in [0.25, 0.3) is 0 Å². The number of rotatable bonds is 7. The third-order valence-corrected chi connectivity index (χ3v) is 3.42. The Morgan fingerprint density at radius 2 is 2.53 bits per heavy atom. The van der Waals surface area contributed by atoms with Gasteiger partial charge in [0, 0.05) is 31.0 Å². The van der Waals surface area contributed by atoms with E-state index in [9.17, 15) is 0 Å². The smallest absolute Gasteiger partial charge is 0.0489 e. The Balaban J connectivity index is 1.52. The van der Waals surface area contributed by atoms with Crippen LogP contribution >= 0.6 is 0 Å². The van der Waals surface area contributed by atoms with Gasteiger partial charge in [-0.2, -0.15) is 5.10 Å². The third kappa shape index (κ3) is 4.48. The van der Waals surface area contributed by atoms with Crippen LogP contribution in [0.5, 0.6) is 0 Å². The molecule has 17 heavy (non-hydrogen) atoms. The molecule has 1 saturated heterocycles. The van der Waals surface area contributed by atoms with E-state index in [2.05, 4.69) is 22.7 Å². The molecular weight excluding hydrogens is 212 g/mol. The van der Waals surface area contributed by atoms with E-state index in [1.54, 1.807) is 0 Å². The summed E-state index contributed by atoms with van der Waals surface area (Å²) < 4.78 is 1.99. The summed E-state index contributed by atoms with van der Waals surface area (Å²) in [5.41, 5.74) is 0. The zero-order chi connectivity index (χ0) is 11.9. The van der Waals surface area contributed by atoms with Crippen LogP contribution in [0.25, 0.3) is 0 Å². The van der Waals surface area contributed by atoms with Crippen molar-refractivity contribution in [2.24, 2.45) is 0 Å². The molecule has 0 aromatic carbocycles. The SMILES string of the molecule is CC(CC1CCCN1)NCCCn1cccn1. The first kappa shape index (κ1) is 12.6. The largest absolute Gasteiger partial charge is 0.314 e. The van der Waals surface area contributed by atoms with Gasteiger partial charge in [-0.15, -0.1) is 0 Å². The zero-order valence-electron chi connectivity index (χ0n) is 10.7.